The van der Waals surface area contributed by atoms with E-state index in [1.165, 1.54) is 5.56 Å². The molecule has 2 amide bonds. The first-order chi connectivity index (χ1) is 13.9. The van der Waals surface area contributed by atoms with Crippen LogP contribution < -0.4 is 10.6 Å². The highest BCUT2D eigenvalue weighted by molar-refractivity contribution is 6.06. The van der Waals surface area contributed by atoms with Gasteiger partial charge in [-0.05, 0) is 56.5 Å². The number of anilines is 1. The maximum Gasteiger partial charge on any atom is 0.253 e. The number of hydrogen-bond donors (Lipinski definition) is 3. The number of hydrogen-bond acceptors (Lipinski definition) is 4. The van der Waals surface area contributed by atoms with Crippen LogP contribution in [0.2, 0.25) is 0 Å². The van der Waals surface area contributed by atoms with Crippen LogP contribution in [0.15, 0.2) is 48.5 Å². The Hall–Kier alpha value is -2.86. The third-order valence-electron chi connectivity index (χ3n) is 6.27. The Morgan fingerprint density at radius 1 is 1.17 bits per heavy atom. The smallest absolute Gasteiger partial charge is 0.253 e. The number of rotatable bonds is 4. The van der Waals surface area contributed by atoms with E-state index in [1.54, 1.807) is 30.3 Å². The number of benzene rings is 2. The van der Waals surface area contributed by atoms with Crippen LogP contribution in [0.1, 0.15) is 36.2 Å². The van der Waals surface area contributed by atoms with Gasteiger partial charge in [0.2, 0.25) is 5.91 Å². The van der Waals surface area contributed by atoms with E-state index >= 15 is 0 Å². The average molecular weight is 393 g/mol. The fourth-order valence-electron chi connectivity index (χ4n) is 4.42. The van der Waals surface area contributed by atoms with Gasteiger partial charge in [-0.3, -0.25) is 14.5 Å². The lowest BCUT2D eigenvalue weighted by Crippen LogP contribution is -2.56. The summed E-state index contributed by atoms with van der Waals surface area (Å²) in [6.45, 7) is 5.38. The number of carbonyl (C=O) groups excluding carboxylic acids is 2. The fraction of sp³-hybridized carbons (Fsp3) is 0.391. The van der Waals surface area contributed by atoms with Crippen LogP contribution in [0.25, 0.3) is 0 Å². The van der Waals surface area contributed by atoms with Gasteiger partial charge in [-0.1, -0.05) is 24.3 Å². The van der Waals surface area contributed by atoms with Gasteiger partial charge in [0.05, 0.1) is 22.7 Å². The SMILES string of the molecule is CC(CCc1ccc(O)cc1)N1C[C@H]2C(=O)Nc3ccccc3C(=O)N[C@@]2(C)C1. The first kappa shape index (κ1) is 19.5. The van der Waals surface area contributed by atoms with Crippen LogP contribution in [-0.2, 0) is 11.2 Å². The largest absolute Gasteiger partial charge is 0.508 e. The van der Waals surface area contributed by atoms with Gasteiger partial charge in [0.25, 0.3) is 5.91 Å². The molecule has 0 bridgehead atoms. The Labute approximate surface area is 170 Å². The first-order valence-corrected chi connectivity index (χ1v) is 10.1. The predicted octanol–water partition coefficient (Wildman–Crippen LogP) is 2.79. The number of aromatic hydroxyl groups is 1. The van der Waals surface area contributed by atoms with Gasteiger partial charge in [0.1, 0.15) is 5.75 Å². The molecule has 1 unspecified atom stereocenters. The number of likely N-dealkylation sites (tertiary alicyclic amines) is 1. The highest BCUT2D eigenvalue weighted by Crippen LogP contribution is 2.33. The molecule has 2 aromatic carbocycles. The molecule has 6 nitrogen and oxygen atoms in total. The maximum atomic E-state index is 13.0. The molecule has 152 valence electrons. The minimum Gasteiger partial charge on any atom is -0.508 e. The fourth-order valence-corrected chi connectivity index (χ4v) is 4.42. The summed E-state index contributed by atoms with van der Waals surface area (Å²) in [7, 11) is 0. The number of phenolic OH excluding ortho intramolecular Hbond substituents is 1. The lowest BCUT2D eigenvalue weighted by molar-refractivity contribution is -0.121. The number of aryl methyl sites for hydroxylation is 1. The number of amides is 2. The van der Waals surface area contributed by atoms with Crippen molar-refractivity contribution >= 4 is 17.5 Å². The minimum absolute atomic E-state index is 0.0480. The van der Waals surface area contributed by atoms with Crippen molar-refractivity contribution in [2.45, 2.75) is 38.3 Å². The number of carbonyl (C=O) groups is 2. The molecule has 6 heteroatoms. The van der Waals surface area contributed by atoms with Crippen molar-refractivity contribution in [1.82, 2.24) is 10.2 Å². The third-order valence-corrected chi connectivity index (χ3v) is 6.27. The lowest BCUT2D eigenvalue weighted by atomic mass is 9.86. The van der Waals surface area contributed by atoms with E-state index in [0.717, 1.165) is 12.8 Å². The standard InChI is InChI=1S/C23H27N3O3/c1-15(7-8-16-9-11-17(27)12-10-16)26-13-19-22(29)24-20-6-4-3-5-18(20)21(28)25-23(19,2)14-26/h3-6,9-12,15,19,27H,7-8,13-14H2,1-2H3,(H,24,29)(H,25,28)/t15?,19-,23-/m0/s1. The Morgan fingerprint density at radius 3 is 2.66 bits per heavy atom. The van der Waals surface area contributed by atoms with E-state index in [4.69, 9.17) is 0 Å². The van der Waals surface area contributed by atoms with E-state index in [1.807, 2.05) is 25.1 Å². The summed E-state index contributed by atoms with van der Waals surface area (Å²) in [6, 6.07) is 14.7. The van der Waals surface area contributed by atoms with Crippen molar-refractivity contribution in [3.8, 4) is 5.75 Å². The van der Waals surface area contributed by atoms with Crippen LogP contribution in [0.3, 0.4) is 0 Å². The second-order valence-electron chi connectivity index (χ2n) is 8.44. The topological polar surface area (TPSA) is 81.7 Å². The zero-order valence-electron chi connectivity index (χ0n) is 16.8. The Bertz CT molecular complexity index is 927. The van der Waals surface area contributed by atoms with Crippen LogP contribution in [0, 0.1) is 5.92 Å². The molecule has 1 fully saturated rings. The molecule has 0 aromatic heterocycles. The molecular formula is C23H27N3O3. The highest BCUT2D eigenvalue weighted by Gasteiger charge is 2.49. The van der Waals surface area contributed by atoms with Crippen molar-refractivity contribution in [2.75, 3.05) is 18.4 Å². The normalized spacial score (nSPS) is 25.2. The van der Waals surface area contributed by atoms with Crippen LogP contribution >= 0.6 is 0 Å². The monoisotopic (exact) mass is 393 g/mol. The molecule has 2 aliphatic rings. The van der Waals surface area contributed by atoms with Crippen molar-refractivity contribution in [3.05, 3.63) is 59.7 Å². The van der Waals surface area contributed by atoms with Gasteiger partial charge in [0, 0.05) is 19.1 Å². The first-order valence-electron chi connectivity index (χ1n) is 10.1. The average Bonchev–Trinajstić information content (AvgIpc) is 3.04. The van der Waals surface area contributed by atoms with Crippen molar-refractivity contribution in [3.63, 3.8) is 0 Å². The molecule has 0 radical (unpaired) electrons. The van der Waals surface area contributed by atoms with Crippen LogP contribution in [0.5, 0.6) is 5.75 Å². The molecule has 4 rings (SSSR count). The zero-order valence-corrected chi connectivity index (χ0v) is 16.8. The molecular weight excluding hydrogens is 366 g/mol. The molecule has 29 heavy (non-hydrogen) atoms. The highest BCUT2D eigenvalue weighted by atomic mass is 16.3. The number of fused-ring (bicyclic) bond motifs is 2. The van der Waals surface area contributed by atoms with E-state index in [-0.39, 0.29) is 29.5 Å². The maximum absolute atomic E-state index is 13.0. The quantitative estimate of drug-likeness (QED) is 0.746. The van der Waals surface area contributed by atoms with Gasteiger partial charge in [0.15, 0.2) is 0 Å². The third kappa shape index (κ3) is 3.85. The lowest BCUT2D eigenvalue weighted by Gasteiger charge is -2.34. The predicted molar refractivity (Wildman–Crippen MR) is 112 cm³/mol. The number of nitrogens with zero attached hydrogens (tertiary/aromatic N) is 1. The van der Waals surface area contributed by atoms with Crippen LogP contribution in [-0.4, -0.2) is 46.5 Å². The van der Waals surface area contributed by atoms with E-state index in [2.05, 4.69) is 22.5 Å². The summed E-state index contributed by atoms with van der Waals surface area (Å²) >= 11 is 0. The van der Waals surface area contributed by atoms with Gasteiger partial charge in [-0.2, -0.15) is 0 Å². The number of para-hydroxylation sites is 1. The van der Waals surface area contributed by atoms with Crippen molar-refractivity contribution < 1.29 is 14.7 Å². The van der Waals surface area contributed by atoms with Crippen molar-refractivity contribution in [2.24, 2.45) is 5.92 Å². The summed E-state index contributed by atoms with van der Waals surface area (Å²) in [5, 5.41) is 15.5. The molecule has 2 aromatic rings. The molecule has 0 saturated carbocycles. The summed E-state index contributed by atoms with van der Waals surface area (Å²) in [5.41, 5.74) is 1.63. The van der Waals surface area contributed by atoms with Crippen LogP contribution in [0.4, 0.5) is 5.69 Å². The Balaban J connectivity index is 1.48. The summed E-state index contributed by atoms with van der Waals surface area (Å²) in [4.78, 5) is 28.1. The van der Waals surface area contributed by atoms with Gasteiger partial charge < -0.3 is 15.7 Å². The van der Waals surface area contributed by atoms with E-state index in [0.29, 0.717) is 24.3 Å². The summed E-state index contributed by atoms with van der Waals surface area (Å²) in [6.07, 6.45) is 1.83. The zero-order chi connectivity index (χ0) is 20.6. The van der Waals surface area contributed by atoms with Crippen molar-refractivity contribution in [1.29, 1.82) is 0 Å². The van der Waals surface area contributed by atoms with E-state index < -0.39 is 5.54 Å². The second-order valence-corrected chi connectivity index (χ2v) is 8.44. The molecule has 0 spiro atoms. The summed E-state index contributed by atoms with van der Waals surface area (Å²) < 4.78 is 0. The molecule has 3 N–H and O–H groups in total. The number of phenols is 1. The molecule has 0 aliphatic carbocycles. The molecule has 2 heterocycles. The Morgan fingerprint density at radius 2 is 1.90 bits per heavy atom. The summed E-state index contributed by atoms with van der Waals surface area (Å²) in [5.74, 6) is -0.232. The van der Waals surface area contributed by atoms with E-state index in [9.17, 15) is 14.7 Å². The minimum atomic E-state index is -0.610. The molecule has 2 aliphatic heterocycles. The molecule has 3 atom stereocenters. The Kier molecular flexibility index (Phi) is 5.04. The second kappa shape index (κ2) is 7.52. The number of nitrogens with one attached hydrogen (secondary N) is 2. The van der Waals surface area contributed by atoms with Gasteiger partial charge in [-0.15, -0.1) is 0 Å². The van der Waals surface area contributed by atoms with Gasteiger partial charge >= 0.3 is 0 Å². The molecule has 1 saturated heterocycles. The van der Waals surface area contributed by atoms with Gasteiger partial charge in [-0.25, -0.2) is 0 Å².